The average Bonchev–Trinajstić information content (AvgIpc) is 2.95. The van der Waals surface area contributed by atoms with Gasteiger partial charge in [-0.1, -0.05) is 0 Å². The number of H-pyrrole nitrogens is 1. The van der Waals surface area contributed by atoms with E-state index < -0.39 is 10.0 Å². The fourth-order valence-corrected chi connectivity index (χ4v) is 2.84. The molecule has 0 saturated carbocycles. The van der Waals surface area contributed by atoms with Crippen molar-refractivity contribution in [1.29, 1.82) is 0 Å². The van der Waals surface area contributed by atoms with Gasteiger partial charge in [-0.05, 0) is 24.7 Å². The Bertz CT molecular complexity index is 697. The molecule has 0 aliphatic heterocycles. The van der Waals surface area contributed by atoms with Gasteiger partial charge in [-0.2, -0.15) is 0 Å². The molecule has 0 aliphatic rings. The molecule has 0 aliphatic carbocycles. The molecule has 0 atom stereocenters. The van der Waals surface area contributed by atoms with Gasteiger partial charge in [0.2, 0.25) is 15.9 Å². The van der Waals surface area contributed by atoms with Gasteiger partial charge >= 0.3 is 0 Å². The third-order valence-corrected chi connectivity index (χ3v) is 4.25. The second kappa shape index (κ2) is 6.70. The number of hydrogen-bond acceptors (Lipinski definition) is 5. The maximum Gasteiger partial charge on any atom is 0.242 e. The van der Waals surface area contributed by atoms with Crippen LogP contribution in [0.3, 0.4) is 0 Å². The van der Waals surface area contributed by atoms with E-state index in [9.17, 15) is 8.42 Å². The minimum atomic E-state index is -3.55. The average molecular weight is 310 g/mol. The normalized spacial score (nSPS) is 11.5. The molecule has 2 aromatic heterocycles. The van der Waals surface area contributed by atoms with Crippen molar-refractivity contribution >= 4 is 10.0 Å². The van der Waals surface area contributed by atoms with Crippen molar-refractivity contribution in [1.82, 2.24) is 20.0 Å². The molecule has 2 rings (SSSR count). The lowest BCUT2D eigenvalue weighted by molar-refractivity contribution is 0.397. The summed E-state index contributed by atoms with van der Waals surface area (Å²) in [5.41, 5.74) is 1.58. The number of sulfonamides is 1. The smallest absolute Gasteiger partial charge is 0.242 e. The minimum Gasteiger partial charge on any atom is -0.481 e. The number of rotatable bonds is 7. The molecule has 21 heavy (non-hydrogen) atoms. The van der Waals surface area contributed by atoms with E-state index in [1.807, 2.05) is 0 Å². The number of nitrogens with one attached hydrogen (secondary N) is 3. The highest BCUT2D eigenvalue weighted by Gasteiger charge is 2.15. The standard InChI is InChI=1S/C13H18N4O3S/c1-14-8-11-6-12(9-16-11)21(18,19)17-7-10-3-4-15-13(5-10)20-2/h3-6,9,14,16-17H,7-8H2,1-2H3. The highest BCUT2D eigenvalue weighted by atomic mass is 32.2. The van der Waals surface area contributed by atoms with Gasteiger partial charge in [0.05, 0.1) is 12.0 Å². The van der Waals surface area contributed by atoms with Crippen molar-refractivity contribution in [3.05, 3.63) is 41.9 Å². The van der Waals surface area contributed by atoms with E-state index in [1.54, 1.807) is 31.4 Å². The monoisotopic (exact) mass is 310 g/mol. The highest BCUT2D eigenvalue weighted by molar-refractivity contribution is 7.89. The van der Waals surface area contributed by atoms with Gasteiger partial charge in [-0.25, -0.2) is 18.1 Å². The topological polar surface area (TPSA) is 96.1 Å². The Hall–Kier alpha value is -1.90. The summed E-state index contributed by atoms with van der Waals surface area (Å²) in [5.74, 6) is 0.449. The van der Waals surface area contributed by atoms with Crippen LogP contribution in [0.4, 0.5) is 0 Å². The van der Waals surface area contributed by atoms with Crippen molar-refractivity contribution in [3.8, 4) is 5.88 Å². The fourth-order valence-electron chi connectivity index (χ4n) is 1.80. The maximum absolute atomic E-state index is 12.2. The molecule has 3 N–H and O–H groups in total. The molecule has 0 radical (unpaired) electrons. The Kier molecular flexibility index (Phi) is 4.94. The van der Waals surface area contributed by atoms with Crippen LogP contribution in [0.2, 0.25) is 0 Å². The molecule has 7 nitrogen and oxygen atoms in total. The van der Waals surface area contributed by atoms with Crippen LogP contribution in [-0.2, 0) is 23.1 Å². The zero-order valence-electron chi connectivity index (χ0n) is 11.9. The van der Waals surface area contributed by atoms with Crippen molar-refractivity contribution in [2.24, 2.45) is 0 Å². The first-order chi connectivity index (χ1) is 10.0. The molecule has 2 heterocycles. The number of nitrogens with zero attached hydrogens (tertiary/aromatic N) is 1. The molecule has 0 unspecified atom stereocenters. The van der Waals surface area contributed by atoms with Crippen LogP contribution in [0.25, 0.3) is 0 Å². The predicted molar refractivity (Wildman–Crippen MR) is 78.4 cm³/mol. The van der Waals surface area contributed by atoms with E-state index in [0.29, 0.717) is 12.4 Å². The lowest BCUT2D eigenvalue weighted by Crippen LogP contribution is -2.22. The van der Waals surface area contributed by atoms with Crippen LogP contribution in [-0.4, -0.2) is 32.5 Å². The molecule has 0 fully saturated rings. The number of aromatic nitrogens is 2. The van der Waals surface area contributed by atoms with Crippen molar-refractivity contribution in [2.45, 2.75) is 18.0 Å². The Morgan fingerprint density at radius 1 is 1.33 bits per heavy atom. The summed E-state index contributed by atoms with van der Waals surface area (Å²) in [4.78, 5) is 7.11. The number of ether oxygens (including phenoxy) is 1. The first-order valence-electron chi connectivity index (χ1n) is 6.35. The zero-order valence-corrected chi connectivity index (χ0v) is 12.7. The SMILES string of the molecule is CNCc1cc(S(=O)(=O)NCc2ccnc(OC)c2)c[nH]1. The van der Waals surface area contributed by atoms with E-state index in [2.05, 4.69) is 20.0 Å². The molecule has 114 valence electrons. The molecule has 0 saturated heterocycles. The van der Waals surface area contributed by atoms with Gasteiger partial charge in [-0.3, -0.25) is 0 Å². The number of hydrogen-bond donors (Lipinski definition) is 3. The molecule has 0 bridgehead atoms. The molecule has 2 aromatic rings. The highest BCUT2D eigenvalue weighted by Crippen LogP contribution is 2.13. The van der Waals surface area contributed by atoms with Crippen LogP contribution in [0.5, 0.6) is 5.88 Å². The van der Waals surface area contributed by atoms with Gasteiger partial charge < -0.3 is 15.0 Å². The third kappa shape index (κ3) is 4.03. The summed E-state index contributed by atoms with van der Waals surface area (Å²) in [6, 6.07) is 5.02. The maximum atomic E-state index is 12.2. The quantitative estimate of drug-likeness (QED) is 0.696. The van der Waals surface area contributed by atoms with Gasteiger partial charge in [-0.15, -0.1) is 0 Å². The Morgan fingerprint density at radius 2 is 2.14 bits per heavy atom. The second-order valence-electron chi connectivity index (χ2n) is 4.42. The molecule has 0 spiro atoms. The summed E-state index contributed by atoms with van der Waals surface area (Å²) < 4.78 is 31.9. The first kappa shape index (κ1) is 15.5. The Morgan fingerprint density at radius 3 is 2.86 bits per heavy atom. The first-order valence-corrected chi connectivity index (χ1v) is 7.84. The molecule has 0 aromatic carbocycles. The Labute approximate surface area is 123 Å². The number of methoxy groups -OCH3 is 1. The summed E-state index contributed by atoms with van der Waals surface area (Å²) >= 11 is 0. The zero-order chi connectivity index (χ0) is 15.3. The Balaban J connectivity index is 2.06. The minimum absolute atomic E-state index is 0.174. The van der Waals surface area contributed by atoms with Crippen LogP contribution in [0.1, 0.15) is 11.3 Å². The molecule has 0 amide bonds. The largest absolute Gasteiger partial charge is 0.481 e. The van der Waals surface area contributed by atoms with Gasteiger partial charge in [0, 0.05) is 37.2 Å². The fraction of sp³-hybridized carbons (Fsp3) is 0.308. The lowest BCUT2D eigenvalue weighted by atomic mass is 10.3. The van der Waals surface area contributed by atoms with Crippen LogP contribution < -0.4 is 14.8 Å². The summed E-state index contributed by atoms with van der Waals surface area (Å²) in [5, 5.41) is 2.95. The number of aromatic amines is 1. The van der Waals surface area contributed by atoms with Crippen LogP contribution in [0, 0.1) is 0 Å². The predicted octanol–water partition coefficient (Wildman–Crippen LogP) is 0.616. The van der Waals surface area contributed by atoms with Crippen LogP contribution >= 0.6 is 0 Å². The van der Waals surface area contributed by atoms with Gasteiger partial charge in [0.25, 0.3) is 0 Å². The van der Waals surface area contributed by atoms with Crippen molar-refractivity contribution in [3.63, 3.8) is 0 Å². The van der Waals surface area contributed by atoms with Crippen molar-refractivity contribution in [2.75, 3.05) is 14.2 Å². The van der Waals surface area contributed by atoms with Gasteiger partial charge in [0.15, 0.2) is 0 Å². The number of pyridine rings is 1. The van der Waals surface area contributed by atoms with E-state index in [0.717, 1.165) is 11.3 Å². The summed E-state index contributed by atoms with van der Waals surface area (Å²) in [6.45, 7) is 0.755. The summed E-state index contributed by atoms with van der Waals surface area (Å²) in [7, 11) is -0.237. The van der Waals surface area contributed by atoms with Crippen molar-refractivity contribution < 1.29 is 13.2 Å². The third-order valence-electron chi connectivity index (χ3n) is 2.87. The van der Waals surface area contributed by atoms with E-state index in [1.165, 1.54) is 13.3 Å². The second-order valence-corrected chi connectivity index (χ2v) is 6.19. The van der Waals surface area contributed by atoms with E-state index in [4.69, 9.17) is 4.74 Å². The van der Waals surface area contributed by atoms with E-state index in [-0.39, 0.29) is 11.4 Å². The van der Waals surface area contributed by atoms with Gasteiger partial charge in [0.1, 0.15) is 0 Å². The molecular weight excluding hydrogens is 292 g/mol. The molecular formula is C13H18N4O3S. The van der Waals surface area contributed by atoms with E-state index >= 15 is 0 Å². The lowest BCUT2D eigenvalue weighted by Gasteiger charge is -2.06. The molecule has 8 heteroatoms. The van der Waals surface area contributed by atoms with Crippen LogP contribution in [0.15, 0.2) is 35.5 Å². The summed E-state index contributed by atoms with van der Waals surface area (Å²) in [6.07, 6.45) is 3.05.